The quantitative estimate of drug-likeness (QED) is 0.784. The molecule has 0 atom stereocenters. The van der Waals surface area contributed by atoms with Gasteiger partial charge in [0, 0.05) is 36.4 Å². The zero-order valence-corrected chi connectivity index (χ0v) is 12.8. The van der Waals surface area contributed by atoms with Gasteiger partial charge >= 0.3 is 0 Å². The SMILES string of the molecule is CCCNCc1cc(Br)cnc1N(C)CC1CC1. The van der Waals surface area contributed by atoms with Crippen molar-refractivity contribution in [3.8, 4) is 0 Å². The number of hydrogen-bond donors (Lipinski definition) is 1. The molecule has 3 nitrogen and oxygen atoms in total. The van der Waals surface area contributed by atoms with Gasteiger partial charge in [-0.3, -0.25) is 0 Å². The van der Waals surface area contributed by atoms with Crippen molar-refractivity contribution in [3.63, 3.8) is 0 Å². The molecule has 18 heavy (non-hydrogen) atoms. The van der Waals surface area contributed by atoms with Crippen LogP contribution in [-0.4, -0.2) is 25.1 Å². The molecular weight excluding hydrogens is 290 g/mol. The second-order valence-electron chi connectivity index (χ2n) is 5.14. The van der Waals surface area contributed by atoms with Gasteiger partial charge in [0.2, 0.25) is 0 Å². The summed E-state index contributed by atoms with van der Waals surface area (Å²) in [7, 11) is 2.15. The van der Waals surface area contributed by atoms with Crippen LogP contribution in [0.4, 0.5) is 5.82 Å². The third-order valence-corrected chi connectivity index (χ3v) is 3.68. The second-order valence-corrected chi connectivity index (χ2v) is 6.05. The number of nitrogens with zero attached hydrogens (tertiary/aromatic N) is 2. The van der Waals surface area contributed by atoms with Gasteiger partial charge in [-0.2, -0.15) is 0 Å². The van der Waals surface area contributed by atoms with Gasteiger partial charge in [0.15, 0.2) is 0 Å². The molecule has 1 saturated carbocycles. The predicted octanol–water partition coefficient (Wildman–Crippen LogP) is 3.19. The highest BCUT2D eigenvalue weighted by Crippen LogP contribution is 2.31. The molecule has 1 aliphatic rings. The van der Waals surface area contributed by atoms with E-state index >= 15 is 0 Å². The van der Waals surface area contributed by atoms with E-state index in [0.29, 0.717) is 0 Å². The van der Waals surface area contributed by atoms with Crippen molar-refractivity contribution in [2.24, 2.45) is 5.92 Å². The van der Waals surface area contributed by atoms with Crippen molar-refractivity contribution in [1.82, 2.24) is 10.3 Å². The van der Waals surface area contributed by atoms with Crippen LogP contribution >= 0.6 is 15.9 Å². The number of pyridine rings is 1. The van der Waals surface area contributed by atoms with Crippen LogP contribution in [0, 0.1) is 5.92 Å². The molecule has 4 heteroatoms. The first kappa shape index (κ1) is 13.8. The molecule has 0 unspecified atom stereocenters. The van der Waals surface area contributed by atoms with Crippen molar-refractivity contribution in [2.45, 2.75) is 32.7 Å². The minimum absolute atomic E-state index is 0.886. The number of halogens is 1. The Morgan fingerprint density at radius 3 is 2.94 bits per heavy atom. The molecule has 1 heterocycles. The molecule has 1 aromatic rings. The van der Waals surface area contributed by atoms with Gasteiger partial charge in [0.25, 0.3) is 0 Å². The van der Waals surface area contributed by atoms with E-state index in [1.54, 1.807) is 0 Å². The minimum Gasteiger partial charge on any atom is -0.359 e. The smallest absolute Gasteiger partial charge is 0.132 e. The van der Waals surface area contributed by atoms with Crippen LogP contribution in [0.25, 0.3) is 0 Å². The van der Waals surface area contributed by atoms with Crippen LogP contribution in [0.15, 0.2) is 16.7 Å². The molecule has 1 N–H and O–H groups in total. The third-order valence-electron chi connectivity index (χ3n) is 3.24. The number of nitrogens with one attached hydrogen (secondary N) is 1. The fraction of sp³-hybridized carbons (Fsp3) is 0.643. The molecule has 0 radical (unpaired) electrons. The molecule has 100 valence electrons. The molecule has 0 amide bonds. The summed E-state index contributed by atoms with van der Waals surface area (Å²) in [6.07, 6.45) is 5.81. The van der Waals surface area contributed by atoms with Gasteiger partial charge in [-0.25, -0.2) is 4.98 Å². The van der Waals surface area contributed by atoms with E-state index in [1.165, 1.54) is 18.4 Å². The third kappa shape index (κ3) is 3.95. The minimum atomic E-state index is 0.886. The lowest BCUT2D eigenvalue weighted by atomic mass is 10.2. The topological polar surface area (TPSA) is 28.2 Å². The standard InChI is InChI=1S/C14H22BrN3/c1-3-6-16-8-12-7-13(15)9-17-14(12)18(2)10-11-4-5-11/h7,9,11,16H,3-6,8,10H2,1-2H3. The largest absolute Gasteiger partial charge is 0.359 e. The number of hydrogen-bond acceptors (Lipinski definition) is 3. The molecule has 0 spiro atoms. The first-order valence-corrected chi connectivity index (χ1v) is 7.56. The van der Waals surface area contributed by atoms with Crippen LogP contribution in [0.3, 0.4) is 0 Å². The Bertz CT molecular complexity index is 391. The summed E-state index contributed by atoms with van der Waals surface area (Å²) in [5.74, 6) is 2.01. The van der Waals surface area contributed by atoms with Crippen molar-refractivity contribution < 1.29 is 0 Å². The maximum Gasteiger partial charge on any atom is 0.132 e. The Hall–Kier alpha value is -0.610. The van der Waals surface area contributed by atoms with Crippen molar-refractivity contribution in [2.75, 3.05) is 25.0 Å². The van der Waals surface area contributed by atoms with Crippen LogP contribution in [0.1, 0.15) is 31.7 Å². The summed E-state index contributed by atoms with van der Waals surface area (Å²) < 4.78 is 1.05. The molecule has 0 bridgehead atoms. The Balaban J connectivity index is 2.05. The monoisotopic (exact) mass is 311 g/mol. The van der Waals surface area contributed by atoms with Gasteiger partial charge in [-0.1, -0.05) is 6.92 Å². The lowest BCUT2D eigenvalue weighted by Crippen LogP contribution is -2.24. The predicted molar refractivity (Wildman–Crippen MR) is 79.9 cm³/mol. The molecule has 1 aromatic heterocycles. The fourth-order valence-electron chi connectivity index (χ4n) is 2.12. The highest BCUT2D eigenvalue weighted by atomic mass is 79.9. The summed E-state index contributed by atoms with van der Waals surface area (Å²) in [6, 6.07) is 2.17. The lowest BCUT2D eigenvalue weighted by Gasteiger charge is -2.21. The molecule has 1 aliphatic carbocycles. The molecule has 1 fully saturated rings. The van der Waals surface area contributed by atoms with Crippen molar-refractivity contribution in [3.05, 3.63) is 22.3 Å². The average Bonchev–Trinajstić information content (AvgIpc) is 3.13. The fourth-order valence-corrected chi connectivity index (χ4v) is 2.50. The summed E-state index contributed by atoms with van der Waals surface area (Å²) in [5.41, 5.74) is 1.28. The molecular formula is C14H22BrN3. The average molecular weight is 312 g/mol. The first-order valence-electron chi connectivity index (χ1n) is 6.77. The lowest BCUT2D eigenvalue weighted by molar-refractivity contribution is 0.669. The Kier molecular flexibility index (Phi) is 5.01. The van der Waals surface area contributed by atoms with Crippen LogP contribution in [-0.2, 0) is 6.54 Å². The molecule has 2 rings (SSSR count). The zero-order valence-electron chi connectivity index (χ0n) is 11.2. The van der Waals surface area contributed by atoms with E-state index in [1.807, 2.05) is 6.20 Å². The van der Waals surface area contributed by atoms with Gasteiger partial charge in [0.05, 0.1) is 0 Å². The second kappa shape index (κ2) is 6.53. The number of rotatable bonds is 7. The van der Waals surface area contributed by atoms with E-state index in [2.05, 4.69) is 51.2 Å². The van der Waals surface area contributed by atoms with Crippen LogP contribution in [0.5, 0.6) is 0 Å². The Morgan fingerprint density at radius 2 is 2.28 bits per heavy atom. The van der Waals surface area contributed by atoms with E-state index in [-0.39, 0.29) is 0 Å². The molecule has 0 saturated heterocycles. The van der Waals surface area contributed by atoms with Gasteiger partial charge in [-0.05, 0) is 53.7 Å². The van der Waals surface area contributed by atoms with E-state index in [0.717, 1.165) is 42.3 Å². The summed E-state index contributed by atoms with van der Waals surface area (Å²) in [5, 5.41) is 3.46. The maximum atomic E-state index is 4.58. The van der Waals surface area contributed by atoms with E-state index in [4.69, 9.17) is 0 Å². The van der Waals surface area contributed by atoms with Crippen LogP contribution in [0.2, 0.25) is 0 Å². The maximum absolute atomic E-state index is 4.58. The van der Waals surface area contributed by atoms with Crippen LogP contribution < -0.4 is 10.2 Å². The van der Waals surface area contributed by atoms with E-state index < -0.39 is 0 Å². The van der Waals surface area contributed by atoms with Gasteiger partial charge in [-0.15, -0.1) is 0 Å². The number of aromatic nitrogens is 1. The zero-order chi connectivity index (χ0) is 13.0. The Morgan fingerprint density at radius 1 is 1.50 bits per heavy atom. The molecule has 0 aromatic carbocycles. The van der Waals surface area contributed by atoms with Crippen molar-refractivity contribution in [1.29, 1.82) is 0 Å². The summed E-state index contributed by atoms with van der Waals surface area (Å²) >= 11 is 3.51. The Labute approximate surface area is 118 Å². The van der Waals surface area contributed by atoms with Crippen molar-refractivity contribution >= 4 is 21.7 Å². The molecule has 0 aliphatic heterocycles. The number of anilines is 1. The summed E-state index contributed by atoms with van der Waals surface area (Å²) in [6.45, 7) is 5.27. The highest BCUT2D eigenvalue weighted by Gasteiger charge is 2.24. The normalized spacial score (nSPS) is 14.8. The van der Waals surface area contributed by atoms with Gasteiger partial charge < -0.3 is 10.2 Å². The summed E-state index contributed by atoms with van der Waals surface area (Å²) in [4.78, 5) is 6.88. The first-order chi connectivity index (χ1) is 8.70. The highest BCUT2D eigenvalue weighted by molar-refractivity contribution is 9.10. The van der Waals surface area contributed by atoms with Gasteiger partial charge in [0.1, 0.15) is 5.82 Å². The van der Waals surface area contributed by atoms with E-state index in [9.17, 15) is 0 Å².